The first-order chi connectivity index (χ1) is 11.3. The second kappa shape index (κ2) is 5.90. The maximum Gasteiger partial charge on any atom is 0.416 e. The number of nitrogens with zero attached hydrogens (tertiary/aromatic N) is 1. The van der Waals surface area contributed by atoms with Crippen molar-refractivity contribution < 1.29 is 22.7 Å². The predicted octanol–water partition coefficient (Wildman–Crippen LogP) is 3.97. The number of benzene rings is 1. The topological polar surface area (TPSA) is 62.6 Å². The number of nitrogen functional groups attached to an aromatic ring is 1. The lowest BCUT2D eigenvalue weighted by Gasteiger charge is -2.20. The van der Waals surface area contributed by atoms with Crippen LogP contribution < -0.4 is 5.73 Å². The highest BCUT2D eigenvalue weighted by Crippen LogP contribution is 2.45. The molecule has 7 heteroatoms. The van der Waals surface area contributed by atoms with Crippen LogP contribution >= 0.6 is 0 Å². The van der Waals surface area contributed by atoms with Crippen molar-refractivity contribution in [3.63, 3.8) is 0 Å². The van der Waals surface area contributed by atoms with Crippen molar-refractivity contribution >= 4 is 11.5 Å². The van der Waals surface area contributed by atoms with Gasteiger partial charge in [-0.25, -0.2) is 0 Å². The Morgan fingerprint density at radius 1 is 1.29 bits per heavy atom. The molecule has 0 amide bonds. The van der Waals surface area contributed by atoms with Crippen molar-refractivity contribution in [3.8, 4) is 16.9 Å². The lowest BCUT2D eigenvalue weighted by molar-refractivity contribution is -0.137. The summed E-state index contributed by atoms with van der Waals surface area (Å²) in [5.41, 5.74) is 6.08. The Bertz CT molecular complexity index is 794. The van der Waals surface area contributed by atoms with E-state index >= 15 is 0 Å². The van der Waals surface area contributed by atoms with Crippen molar-refractivity contribution in [1.82, 2.24) is 4.90 Å². The van der Waals surface area contributed by atoms with Gasteiger partial charge in [0.05, 0.1) is 11.1 Å². The van der Waals surface area contributed by atoms with E-state index in [-0.39, 0.29) is 28.5 Å². The molecule has 24 heavy (non-hydrogen) atoms. The largest absolute Gasteiger partial charge is 0.504 e. The van der Waals surface area contributed by atoms with Gasteiger partial charge in [-0.3, -0.25) is 0 Å². The molecule has 1 aromatic heterocycles. The lowest BCUT2D eigenvalue weighted by Crippen LogP contribution is -2.23. The van der Waals surface area contributed by atoms with Gasteiger partial charge < -0.3 is 20.2 Å². The molecule has 1 aliphatic rings. The third kappa shape index (κ3) is 2.99. The quantitative estimate of drug-likeness (QED) is 0.870. The molecule has 0 saturated carbocycles. The van der Waals surface area contributed by atoms with Crippen LogP contribution in [0.3, 0.4) is 0 Å². The molecule has 2 heterocycles. The number of halogens is 3. The molecule has 0 unspecified atom stereocenters. The Kier molecular flexibility index (Phi) is 4.04. The van der Waals surface area contributed by atoms with Crippen molar-refractivity contribution in [2.24, 2.45) is 0 Å². The number of likely N-dealkylation sites (N-methyl/N-ethyl adjacent to an activating group) is 1. The summed E-state index contributed by atoms with van der Waals surface area (Å²) in [7, 11) is 1.97. The van der Waals surface area contributed by atoms with Gasteiger partial charge in [0.2, 0.25) is 5.88 Å². The number of hydrogen-bond acceptors (Lipinski definition) is 4. The second-order valence-corrected chi connectivity index (χ2v) is 5.84. The lowest BCUT2D eigenvalue weighted by atomic mass is 10.0. The third-order valence-electron chi connectivity index (χ3n) is 4.09. The van der Waals surface area contributed by atoms with Crippen LogP contribution in [-0.2, 0) is 6.18 Å². The fourth-order valence-electron chi connectivity index (χ4n) is 2.76. The summed E-state index contributed by atoms with van der Waals surface area (Å²) in [5, 5.41) is 10.5. The van der Waals surface area contributed by atoms with Gasteiger partial charge in [-0.15, -0.1) is 0 Å². The van der Waals surface area contributed by atoms with Gasteiger partial charge in [0, 0.05) is 13.1 Å². The summed E-state index contributed by atoms with van der Waals surface area (Å²) >= 11 is 0. The van der Waals surface area contributed by atoms with Crippen LogP contribution in [0, 0.1) is 0 Å². The molecule has 0 saturated heterocycles. The van der Waals surface area contributed by atoms with E-state index in [4.69, 9.17) is 10.2 Å². The van der Waals surface area contributed by atoms with Crippen molar-refractivity contribution in [2.45, 2.75) is 12.6 Å². The zero-order valence-electron chi connectivity index (χ0n) is 13.0. The van der Waals surface area contributed by atoms with Crippen molar-refractivity contribution in [2.75, 3.05) is 25.9 Å². The zero-order valence-corrected chi connectivity index (χ0v) is 13.0. The van der Waals surface area contributed by atoms with Gasteiger partial charge in [-0.05, 0) is 36.7 Å². The predicted molar refractivity (Wildman–Crippen MR) is 85.3 cm³/mol. The first-order valence-electron chi connectivity index (χ1n) is 7.44. The van der Waals surface area contributed by atoms with Crippen LogP contribution in [0.1, 0.15) is 17.7 Å². The van der Waals surface area contributed by atoms with Gasteiger partial charge in [-0.1, -0.05) is 18.2 Å². The van der Waals surface area contributed by atoms with E-state index < -0.39 is 11.7 Å². The molecule has 3 rings (SSSR count). The second-order valence-electron chi connectivity index (χ2n) is 5.84. The van der Waals surface area contributed by atoms with E-state index in [0.29, 0.717) is 13.0 Å². The monoisotopic (exact) mass is 338 g/mol. The molecule has 0 spiro atoms. The first kappa shape index (κ1) is 16.4. The standard InChI is InChI=1S/C17H17F3N2O2/c1-22-7-5-10(6-8-22)15-14(23)13(16(21)24-15)11-3-2-4-12(9-11)17(18,19)20/h2-5,9,23H,6-8,21H2,1H3. The van der Waals surface area contributed by atoms with Crippen LogP contribution in [0.25, 0.3) is 16.7 Å². The molecule has 3 N–H and O–H groups in total. The van der Waals surface area contributed by atoms with Crippen LogP contribution in [0.15, 0.2) is 34.8 Å². The van der Waals surface area contributed by atoms with Gasteiger partial charge in [-0.2, -0.15) is 13.2 Å². The van der Waals surface area contributed by atoms with Crippen molar-refractivity contribution in [3.05, 3.63) is 41.7 Å². The van der Waals surface area contributed by atoms with Crippen LogP contribution in [0.5, 0.6) is 5.75 Å². The number of furan rings is 1. The summed E-state index contributed by atoms with van der Waals surface area (Å²) < 4.78 is 44.1. The fourth-order valence-corrected chi connectivity index (χ4v) is 2.76. The number of hydrogen-bond donors (Lipinski definition) is 2. The van der Waals surface area contributed by atoms with E-state index in [1.807, 2.05) is 13.1 Å². The Morgan fingerprint density at radius 3 is 2.67 bits per heavy atom. The molecule has 1 aliphatic heterocycles. The van der Waals surface area contributed by atoms with Gasteiger partial charge >= 0.3 is 6.18 Å². The van der Waals surface area contributed by atoms with E-state index in [9.17, 15) is 18.3 Å². The third-order valence-corrected chi connectivity index (χ3v) is 4.09. The SMILES string of the molecule is CN1CC=C(c2oc(N)c(-c3cccc(C(F)(F)F)c3)c2O)CC1. The number of anilines is 1. The van der Waals surface area contributed by atoms with Gasteiger partial charge in [0.1, 0.15) is 0 Å². The number of alkyl halides is 3. The molecule has 128 valence electrons. The van der Waals surface area contributed by atoms with E-state index in [2.05, 4.69) is 4.90 Å². The first-order valence-corrected chi connectivity index (χ1v) is 7.44. The van der Waals surface area contributed by atoms with E-state index in [0.717, 1.165) is 24.3 Å². The van der Waals surface area contributed by atoms with Crippen LogP contribution in [0.2, 0.25) is 0 Å². The fraction of sp³-hybridized carbons (Fsp3) is 0.294. The Balaban J connectivity index is 2.04. The van der Waals surface area contributed by atoms with Crippen LogP contribution in [-0.4, -0.2) is 30.1 Å². The minimum Gasteiger partial charge on any atom is -0.504 e. The average Bonchev–Trinajstić information content (AvgIpc) is 2.82. The molecule has 0 radical (unpaired) electrons. The molecule has 1 aromatic carbocycles. The molecular weight excluding hydrogens is 321 g/mol. The minimum atomic E-state index is -4.47. The maximum atomic E-state index is 12.9. The molecule has 0 bridgehead atoms. The summed E-state index contributed by atoms with van der Waals surface area (Å²) in [6.07, 6.45) is -1.89. The van der Waals surface area contributed by atoms with E-state index in [1.54, 1.807) is 0 Å². The minimum absolute atomic E-state index is 0.0935. The highest BCUT2D eigenvalue weighted by atomic mass is 19.4. The maximum absolute atomic E-state index is 12.9. The van der Waals surface area contributed by atoms with E-state index in [1.165, 1.54) is 12.1 Å². The summed E-state index contributed by atoms with van der Waals surface area (Å²) in [5.74, 6) is -0.0858. The highest BCUT2D eigenvalue weighted by molar-refractivity contribution is 5.85. The highest BCUT2D eigenvalue weighted by Gasteiger charge is 2.31. The Morgan fingerprint density at radius 2 is 2.04 bits per heavy atom. The molecule has 4 nitrogen and oxygen atoms in total. The normalized spacial score (nSPS) is 16.2. The number of aromatic hydroxyl groups is 1. The van der Waals surface area contributed by atoms with Gasteiger partial charge in [0.15, 0.2) is 11.5 Å². The smallest absolute Gasteiger partial charge is 0.416 e. The van der Waals surface area contributed by atoms with Crippen molar-refractivity contribution in [1.29, 1.82) is 0 Å². The Labute approximate surface area is 137 Å². The van der Waals surface area contributed by atoms with Crippen LogP contribution in [0.4, 0.5) is 19.1 Å². The number of rotatable bonds is 2. The molecule has 0 atom stereocenters. The summed E-state index contributed by atoms with van der Waals surface area (Å²) in [6, 6.07) is 4.66. The molecule has 0 fully saturated rings. The summed E-state index contributed by atoms with van der Waals surface area (Å²) in [4.78, 5) is 2.10. The molecule has 2 aromatic rings. The zero-order chi connectivity index (χ0) is 17.5. The molecular formula is C17H17F3N2O2. The average molecular weight is 338 g/mol. The number of nitrogens with two attached hydrogens (primary N) is 1. The molecule has 0 aliphatic carbocycles. The van der Waals surface area contributed by atoms with Gasteiger partial charge in [0.25, 0.3) is 0 Å². The summed E-state index contributed by atoms with van der Waals surface area (Å²) in [6.45, 7) is 1.50. The Hall–Kier alpha value is -2.41.